The van der Waals surface area contributed by atoms with Crippen LogP contribution in [0.15, 0.2) is 54.6 Å². The zero-order valence-corrected chi connectivity index (χ0v) is 24.6. The molecule has 40 heavy (non-hydrogen) atoms. The average Bonchev–Trinajstić information content (AvgIpc) is 3.00. The standard InChI is InChI=1S/C30H46O4.C4H6O2/c1-3-4-5-8-25-11-15-27(16-12-25)19-20-28-17-13-26(14-18-28)9-6-7-10-29(22-32)23-34-30(33)24(2)21-31;1-4(2-5)3-6/h13-14,17-20,25,27,29,31-32H,2-12,15-16,21-23H2,1H3;2,6H,1,3H2/b20-19+;. The monoisotopic (exact) mass is 556 g/mol. The third-order valence-corrected chi connectivity index (χ3v) is 7.53. The van der Waals surface area contributed by atoms with Crippen molar-refractivity contribution in [1.29, 1.82) is 0 Å². The number of aldehydes is 1. The maximum Gasteiger partial charge on any atom is 0.335 e. The van der Waals surface area contributed by atoms with E-state index in [4.69, 9.17) is 14.9 Å². The molecule has 0 spiro atoms. The van der Waals surface area contributed by atoms with Crippen molar-refractivity contribution < 1.29 is 29.6 Å². The molecule has 2 rings (SSSR count). The lowest BCUT2D eigenvalue weighted by molar-refractivity contribution is -0.141. The van der Waals surface area contributed by atoms with E-state index >= 15 is 0 Å². The second-order valence-electron chi connectivity index (χ2n) is 11.0. The van der Waals surface area contributed by atoms with Gasteiger partial charge in [-0.2, -0.15) is 0 Å². The Bertz CT molecular complexity index is 880. The molecule has 6 heteroatoms. The van der Waals surface area contributed by atoms with E-state index in [2.05, 4.69) is 56.5 Å². The molecule has 224 valence electrons. The Morgan fingerprint density at radius 3 is 2.25 bits per heavy atom. The zero-order valence-electron chi connectivity index (χ0n) is 24.6. The molecule has 0 aliphatic heterocycles. The highest BCUT2D eigenvalue weighted by molar-refractivity contribution is 5.87. The van der Waals surface area contributed by atoms with Gasteiger partial charge in [0.15, 0.2) is 0 Å². The highest BCUT2D eigenvalue weighted by Crippen LogP contribution is 2.33. The number of hydrogen-bond donors (Lipinski definition) is 3. The predicted molar refractivity (Wildman–Crippen MR) is 163 cm³/mol. The first-order valence-corrected chi connectivity index (χ1v) is 14.9. The van der Waals surface area contributed by atoms with Gasteiger partial charge in [0.1, 0.15) is 6.29 Å². The minimum atomic E-state index is -0.592. The van der Waals surface area contributed by atoms with Gasteiger partial charge in [-0.25, -0.2) is 4.79 Å². The van der Waals surface area contributed by atoms with Crippen molar-refractivity contribution in [3.8, 4) is 0 Å². The fourth-order valence-corrected chi connectivity index (χ4v) is 4.78. The zero-order chi connectivity index (χ0) is 29.6. The van der Waals surface area contributed by atoms with Gasteiger partial charge in [-0.1, -0.05) is 88.6 Å². The van der Waals surface area contributed by atoms with Crippen LogP contribution in [-0.2, 0) is 20.7 Å². The van der Waals surface area contributed by atoms with Crippen molar-refractivity contribution in [3.63, 3.8) is 0 Å². The summed E-state index contributed by atoms with van der Waals surface area (Å²) in [6.07, 6.45) is 20.1. The van der Waals surface area contributed by atoms with Crippen LogP contribution in [0, 0.1) is 17.8 Å². The van der Waals surface area contributed by atoms with E-state index in [0.29, 0.717) is 6.29 Å². The summed E-state index contributed by atoms with van der Waals surface area (Å²) in [5.74, 6) is 1.03. The van der Waals surface area contributed by atoms with Crippen LogP contribution in [0.25, 0.3) is 6.08 Å². The van der Waals surface area contributed by atoms with Crippen LogP contribution in [0.4, 0.5) is 0 Å². The van der Waals surface area contributed by atoms with Gasteiger partial charge in [0.05, 0.1) is 25.4 Å². The van der Waals surface area contributed by atoms with Crippen LogP contribution in [0.5, 0.6) is 0 Å². The summed E-state index contributed by atoms with van der Waals surface area (Å²) in [5, 5.41) is 26.4. The van der Waals surface area contributed by atoms with Crippen molar-refractivity contribution in [2.45, 2.75) is 84.0 Å². The Balaban J connectivity index is 0.00000120. The molecule has 1 aliphatic rings. The van der Waals surface area contributed by atoms with Crippen LogP contribution in [0.3, 0.4) is 0 Å². The number of benzene rings is 1. The lowest BCUT2D eigenvalue weighted by Gasteiger charge is -2.26. The van der Waals surface area contributed by atoms with Gasteiger partial charge < -0.3 is 20.1 Å². The lowest BCUT2D eigenvalue weighted by atomic mass is 9.79. The van der Waals surface area contributed by atoms with Crippen molar-refractivity contribution in [3.05, 3.63) is 65.8 Å². The summed E-state index contributed by atoms with van der Waals surface area (Å²) in [6, 6.07) is 8.87. The van der Waals surface area contributed by atoms with Gasteiger partial charge in [0.2, 0.25) is 0 Å². The highest BCUT2D eigenvalue weighted by atomic mass is 16.5. The van der Waals surface area contributed by atoms with Crippen LogP contribution in [0.2, 0.25) is 0 Å². The molecule has 1 unspecified atom stereocenters. The number of aliphatic hydroxyl groups is 3. The third-order valence-electron chi connectivity index (χ3n) is 7.53. The molecular weight excluding hydrogens is 504 g/mol. The second kappa shape index (κ2) is 22.2. The van der Waals surface area contributed by atoms with Gasteiger partial charge in [-0.3, -0.25) is 4.79 Å². The van der Waals surface area contributed by atoms with Gasteiger partial charge >= 0.3 is 5.97 Å². The summed E-state index contributed by atoms with van der Waals surface area (Å²) in [6.45, 7) is 8.42. The summed E-state index contributed by atoms with van der Waals surface area (Å²) >= 11 is 0. The number of ether oxygens (including phenoxy) is 1. The Morgan fingerprint density at radius 1 is 1.00 bits per heavy atom. The number of aliphatic hydroxyl groups excluding tert-OH is 3. The van der Waals surface area contributed by atoms with E-state index in [-0.39, 0.29) is 36.9 Å². The number of unbranched alkanes of at least 4 members (excludes halogenated alkanes) is 3. The van der Waals surface area contributed by atoms with Crippen LogP contribution in [0.1, 0.15) is 88.7 Å². The number of aryl methyl sites for hydroxylation is 1. The number of carbonyl (C=O) groups is 2. The largest absolute Gasteiger partial charge is 0.462 e. The predicted octanol–water partition coefficient (Wildman–Crippen LogP) is 6.23. The molecule has 1 atom stereocenters. The minimum absolute atomic E-state index is 0.0135. The first kappa shape index (κ1) is 35.5. The smallest absolute Gasteiger partial charge is 0.335 e. The number of rotatable bonds is 18. The topological polar surface area (TPSA) is 104 Å². The maximum absolute atomic E-state index is 11.6. The number of esters is 1. The molecule has 0 saturated heterocycles. The van der Waals surface area contributed by atoms with Crippen LogP contribution < -0.4 is 0 Å². The third kappa shape index (κ3) is 15.9. The van der Waals surface area contributed by atoms with Gasteiger partial charge in [-0.05, 0) is 67.9 Å². The Kier molecular flexibility index (Phi) is 19.7. The first-order chi connectivity index (χ1) is 19.4. The SMILES string of the molecule is C=C(C=O)CO.C=C(CO)C(=O)OCC(CO)CCCCc1ccc(/C=C/C2CCC(CCCCC)CC2)cc1. The van der Waals surface area contributed by atoms with Gasteiger partial charge in [0.25, 0.3) is 0 Å². The molecule has 6 nitrogen and oxygen atoms in total. The first-order valence-electron chi connectivity index (χ1n) is 14.9. The molecule has 0 heterocycles. The fraction of sp³-hybridized carbons (Fsp3) is 0.588. The molecular formula is C34H52O6. The fourth-order valence-electron chi connectivity index (χ4n) is 4.78. The lowest BCUT2D eigenvalue weighted by Crippen LogP contribution is -2.19. The molecule has 3 N–H and O–H groups in total. The quantitative estimate of drug-likeness (QED) is 0.0857. The van der Waals surface area contributed by atoms with Crippen molar-refractivity contribution in [1.82, 2.24) is 0 Å². The van der Waals surface area contributed by atoms with Crippen LogP contribution in [-0.4, -0.2) is 54.0 Å². The molecule has 1 saturated carbocycles. The number of allylic oxidation sites excluding steroid dienone is 1. The van der Waals surface area contributed by atoms with E-state index in [1.807, 2.05) is 0 Å². The Morgan fingerprint density at radius 2 is 1.70 bits per heavy atom. The molecule has 1 aromatic carbocycles. The van der Waals surface area contributed by atoms with Gasteiger partial charge in [0, 0.05) is 18.1 Å². The summed E-state index contributed by atoms with van der Waals surface area (Å²) in [5.41, 5.74) is 2.87. The summed E-state index contributed by atoms with van der Waals surface area (Å²) in [4.78, 5) is 21.0. The Labute approximate surface area is 241 Å². The average molecular weight is 557 g/mol. The van der Waals surface area contributed by atoms with Gasteiger partial charge in [-0.15, -0.1) is 0 Å². The molecule has 0 amide bonds. The minimum Gasteiger partial charge on any atom is -0.462 e. The van der Waals surface area contributed by atoms with Crippen molar-refractivity contribution >= 4 is 18.3 Å². The van der Waals surface area contributed by atoms with E-state index < -0.39 is 12.6 Å². The van der Waals surface area contributed by atoms with Crippen molar-refractivity contribution in [2.75, 3.05) is 26.4 Å². The van der Waals surface area contributed by atoms with E-state index in [1.165, 1.54) is 62.5 Å². The molecule has 1 fully saturated rings. The van der Waals surface area contributed by atoms with E-state index in [9.17, 15) is 14.7 Å². The number of hydrogen-bond acceptors (Lipinski definition) is 6. The highest BCUT2D eigenvalue weighted by Gasteiger charge is 2.19. The van der Waals surface area contributed by atoms with Crippen LogP contribution >= 0.6 is 0 Å². The molecule has 0 bridgehead atoms. The summed E-state index contributed by atoms with van der Waals surface area (Å²) < 4.78 is 5.10. The Hall–Kier alpha value is -2.54. The normalized spacial score (nSPS) is 17.5. The summed E-state index contributed by atoms with van der Waals surface area (Å²) in [7, 11) is 0. The molecule has 0 aromatic heterocycles. The number of carbonyl (C=O) groups excluding carboxylic acids is 2. The van der Waals surface area contributed by atoms with E-state index in [0.717, 1.165) is 37.5 Å². The second-order valence-corrected chi connectivity index (χ2v) is 11.0. The molecule has 1 aromatic rings. The van der Waals surface area contributed by atoms with Crippen molar-refractivity contribution in [2.24, 2.45) is 17.8 Å². The van der Waals surface area contributed by atoms with E-state index in [1.54, 1.807) is 0 Å². The molecule has 1 aliphatic carbocycles. The molecule has 0 radical (unpaired) electrons. The maximum atomic E-state index is 11.6.